The van der Waals surface area contributed by atoms with Gasteiger partial charge in [0.15, 0.2) is 0 Å². The van der Waals surface area contributed by atoms with E-state index < -0.39 is 17.5 Å². The minimum Gasteiger partial charge on any atom is -0.300 e. The Hall–Kier alpha value is -1.91. The summed E-state index contributed by atoms with van der Waals surface area (Å²) in [7, 11) is 0. The Kier molecular flexibility index (Phi) is 3.43. The zero-order valence-corrected chi connectivity index (χ0v) is 12.1. The third-order valence-electron chi connectivity index (χ3n) is 3.31. The first kappa shape index (κ1) is 14.0. The number of hydrogen-bond donors (Lipinski definition) is 0. The van der Waals surface area contributed by atoms with Crippen LogP contribution in [0, 0.1) is 5.82 Å². The second kappa shape index (κ2) is 5.13. The number of halogens is 3. The fourth-order valence-corrected chi connectivity index (χ4v) is 2.65. The van der Waals surface area contributed by atoms with E-state index in [9.17, 15) is 14.0 Å². The maximum atomic E-state index is 13.8. The molecule has 6 heteroatoms. The molecule has 0 bridgehead atoms. The highest BCUT2D eigenvalue weighted by molar-refractivity contribution is 6.52. The highest BCUT2D eigenvalue weighted by Crippen LogP contribution is 2.34. The highest BCUT2D eigenvalue weighted by Gasteiger charge is 2.36. The number of fused-ring (bicyclic) bond motifs is 1. The number of nitrogens with zero attached hydrogens (tertiary/aromatic N) is 1. The predicted molar refractivity (Wildman–Crippen MR) is 78.4 cm³/mol. The smallest absolute Gasteiger partial charge is 0.299 e. The Morgan fingerprint density at radius 3 is 2.57 bits per heavy atom. The van der Waals surface area contributed by atoms with Crippen LogP contribution in [0.4, 0.5) is 10.1 Å². The first-order valence-corrected chi connectivity index (χ1v) is 6.83. The second-order valence-corrected chi connectivity index (χ2v) is 5.43. The van der Waals surface area contributed by atoms with Gasteiger partial charge in [-0.1, -0.05) is 29.3 Å². The van der Waals surface area contributed by atoms with Crippen LogP contribution in [-0.4, -0.2) is 11.7 Å². The molecule has 0 unspecified atom stereocenters. The van der Waals surface area contributed by atoms with Crippen molar-refractivity contribution in [2.75, 3.05) is 4.90 Å². The van der Waals surface area contributed by atoms with Crippen molar-refractivity contribution in [2.24, 2.45) is 0 Å². The van der Waals surface area contributed by atoms with Crippen LogP contribution in [0.2, 0.25) is 10.0 Å². The van der Waals surface area contributed by atoms with Crippen molar-refractivity contribution >= 4 is 40.6 Å². The van der Waals surface area contributed by atoms with E-state index >= 15 is 0 Å². The molecule has 0 saturated carbocycles. The quantitative estimate of drug-likeness (QED) is 0.787. The second-order valence-electron chi connectivity index (χ2n) is 4.58. The first-order chi connectivity index (χ1) is 9.99. The fourth-order valence-electron chi connectivity index (χ4n) is 2.27. The molecule has 2 aromatic rings. The molecule has 0 fully saturated rings. The molecule has 1 amide bonds. The SMILES string of the molecule is O=C1C(=O)N(Cc2c(F)cccc2Cl)c2cc(Cl)ccc21. The Morgan fingerprint density at radius 2 is 1.86 bits per heavy atom. The Labute approximate surface area is 129 Å². The lowest BCUT2D eigenvalue weighted by Crippen LogP contribution is -2.29. The van der Waals surface area contributed by atoms with Crippen LogP contribution in [0.25, 0.3) is 0 Å². The molecule has 1 heterocycles. The maximum absolute atomic E-state index is 13.8. The summed E-state index contributed by atoms with van der Waals surface area (Å²) in [5, 5.41) is 0.589. The van der Waals surface area contributed by atoms with Crippen LogP contribution < -0.4 is 4.90 Å². The van der Waals surface area contributed by atoms with E-state index in [0.29, 0.717) is 10.7 Å². The van der Waals surface area contributed by atoms with Gasteiger partial charge < -0.3 is 4.90 Å². The van der Waals surface area contributed by atoms with Gasteiger partial charge in [-0.05, 0) is 30.3 Å². The lowest BCUT2D eigenvalue weighted by molar-refractivity contribution is -0.114. The minimum absolute atomic E-state index is 0.122. The number of benzene rings is 2. The number of Topliss-reactive ketones (excluding diaryl/α,β-unsaturated/α-hetero) is 1. The topological polar surface area (TPSA) is 37.4 Å². The van der Waals surface area contributed by atoms with Crippen molar-refractivity contribution in [3.63, 3.8) is 0 Å². The van der Waals surface area contributed by atoms with Gasteiger partial charge in [-0.2, -0.15) is 0 Å². The van der Waals surface area contributed by atoms with E-state index in [0.717, 1.165) is 0 Å². The number of carbonyl (C=O) groups is 2. The van der Waals surface area contributed by atoms with Crippen molar-refractivity contribution in [3.8, 4) is 0 Å². The Balaban J connectivity index is 2.06. The number of ketones is 1. The van der Waals surface area contributed by atoms with Crippen molar-refractivity contribution in [1.82, 2.24) is 0 Å². The summed E-state index contributed by atoms with van der Waals surface area (Å²) in [6, 6.07) is 8.78. The number of rotatable bonds is 2. The molecule has 3 nitrogen and oxygen atoms in total. The minimum atomic E-state index is -0.716. The van der Waals surface area contributed by atoms with E-state index in [1.165, 1.54) is 41.3 Å². The summed E-state index contributed by atoms with van der Waals surface area (Å²) in [5.41, 5.74) is 0.793. The molecule has 2 aromatic carbocycles. The summed E-state index contributed by atoms with van der Waals surface area (Å²) in [6.45, 7) is -0.122. The van der Waals surface area contributed by atoms with Crippen LogP contribution in [-0.2, 0) is 11.3 Å². The summed E-state index contributed by atoms with van der Waals surface area (Å²) in [5.74, 6) is -1.88. The van der Waals surface area contributed by atoms with E-state index in [4.69, 9.17) is 23.2 Å². The van der Waals surface area contributed by atoms with Crippen molar-refractivity contribution in [1.29, 1.82) is 0 Å². The lowest BCUT2D eigenvalue weighted by atomic mass is 10.1. The molecule has 0 radical (unpaired) electrons. The fraction of sp³-hybridized carbons (Fsp3) is 0.0667. The monoisotopic (exact) mass is 323 g/mol. The zero-order valence-electron chi connectivity index (χ0n) is 10.6. The molecule has 21 heavy (non-hydrogen) atoms. The number of hydrogen-bond acceptors (Lipinski definition) is 2. The van der Waals surface area contributed by atoms with Gasteiger partial charge in [0.1, 0.15) is 5.82 Å². The summed E-state index contributed by atoms with van der Waals surface area (Å²) in [6.07, 6.45) is 0. The molecule has 106 valence electrons. The van der Waals surface area contributed by atoms with Gasteiger partial charge in [-0.3, -0.25) is 9.59 Å². The number of carbonyl (C=O) groups excluding carboxylic acids is 2. The van der Waals surface area contributed by atoms with Crippen molar-refractivity contribution in [3.05, 3.63) is 63.4 Å². The molecule has 0 N–H and O–H groups in total. The molecule has 0 aliphatic carbocycles. The first-order valence-electron chi connectivity index (χ1n) is 6.07. The highest BCUT2D eigenvalue weighted by atomic mass is 35.5. The van der Waals surface area contributed by atoms with Crippen LogP contribution in [0.3, 0.4) is 0 Å². The van der Waals surface area contributed by atoms with Crippen LogP contribution in [0.1, 0.15) is 15.9 Å². The third kappa shape index (κ3) is 2.30. The van der Waals surface area contributed by atoms with Crippen molar-refractivity contribution < 1.29 is 14.0 Å². The molecule has 1 aliphatic rings. The standard InChI is InChI=1S/C15H8Cl2FNO2/c16-8-4-5-9-13(6-8)19(15(21)14(9)20)7-10-11(17)2-1-3-12(10)18/h1-6H,7H2. The van der Waals surface area contributed by atoms with Gasteiger partial charge in [-0.15, -0.1) is 0 Å². The average molecular weight is 324 g/mol. The van der Waals surface area contributed by atoms with E-state index in [-0.39, 0.29) is 22.7 Å². The average Bonchev–Trinajstić information content (AvgIpc) is 2.67. The number of anilines is 1. The summed E-state index contributed by atoms with van der Waals surface area (Å²) in [4.78, 5) is 25.2. The van der Waals surface area contributed by atoms with Gasteiger partial charge in [0.2, 0.25) is 0 Å². The van der Waals surface area contributed by atoms with Gasteiger partial charge in [0, 0.05) is 15.6 Å². The number of amides is 1. The molecular formula is C15H8Cl2FNO2. The molecular weight excluding hydrogens is 316 g/mol. The molecule has 0 saturated heterocycles. The normalized spacial score (nSPS) is 13.8. The van der Waals surface area contributed by atoms with Gasteiger partial charge in [-0.25, -0.2) is 4.39 Å². The molecule has 3 rings (SSSR count). The van der Waals surface area contributed by atoms with Crippen LogP contribution in [0.15, 0.2) is 36.4 Å². The van der Waals surface area contributed by atoms with Crippen LogP contribution >= 0.6 is 23.2 Å². The molecule has 1 aliphatic heterocycles. The molecule has 0 atom stereocenters. The van der Waals surface area contributed by atoms with E-state index in [2.05, 4.69) is 0 Å². The zero-order chi connectivity index (χ0) is 15.1. The van der Waals surface area contributed by atoms with Gasteiger partial charge in [0.05, 0.1) is 17.8 Å². The largest absolute Gasteiger partial charge is 0.300 e. The Morgan fingerprint density at radius 1 is 1.10 bits per heavy atom. The van der Waals surface area contributed by atoms with E-state index in [1.54, 1.807) is 0 Å². The van der Waals surface area contributed by atoms with Crippen LogP contribution in [0.5, 0.6) is 0 Å². The molecule has 0 spiro atoms. The maximum Gasteiger partial charge on any atom is 0.299 e. The Bertz CT molecular complexity index is 756. The summed E-state index contributed by atoms with van der Waals surface area (Å²) < 4.78 is 13.8. The van der Waals surface area contributed by atoms with E-state index in [1.807, 2.05) is 0 Å². The van der Waals surface area contributed by atoms with Crippen molar-refractivity contribution in [2.45, 2.75) is 6.54 Å². The van der Waals surface area contributed by atoms with Gasteiger partial charge >= 0.3 is 0 Å². The predicted octanol–water partition coefficient (Wildman–Crippen LogP) is 3.86. The summed E-state index contributed by atoms with van der Waals surface area (Å²) >= 11 is 11.9. The third-order valence-corrected chi connectivity index (χ3v) is 3.90. The lowest BCUT2D eigenvalue weighted by Gasteiger charge is -2.18. The molecule has 0 aromatic heterocycles. The van der Waals surface area contributed by atoms with Gasteiger partial charge in [0.25, 0.3) is 11.7 Å².